The molecule has 3 aromatic rings. The van der Waals surface area contributed by atoms with Crippen LogP contribution in [0.3, 0.4) is 0 Å². The van der Waals surface area contributed by atoms with Crippen molar-refractivity contribution in [1.82, 2.24) is 4.98 Å². The van der Waals surface area contributed by atoms with E-state index in [2.05, 4.69) is 50.3 Å². The Kier molecular flexibility index (Phi) is 3.43. The van der Waals surface area contributed by atoms with E-state index < -0.39 is 0 Å². The first kappa shape index (κ1) is 14.7. The molecule has 2 aromatic carbocycles. The van der Waals surface area contributed by atoms with Crippen LogP contribution in [-0.4, -0.2) is 4.98 Å². The molecular weight excluding hydrogens is 292 g/mol. The van der Waals surface area contributed by atoms with Gasteiger partial charge in [-0.15, -0.1) is 0 Å². The van der Waals surface area contributed by atoms with E-state index in [1.165, 1.54) is 27.6 Å². The lowest BCUT2D eigenvalue weighted by molar-refractivity contribution is 1.13. The normalized spacial score (nSPS) is 12.4. The Hall–Kier alpha value is -2.92. The number of allylic oxidation sites excluding steroid dienone is 1. The number of nitriles is 1. The van der Waals surface area contributed by atoms with Crippen molar-refractivity contribution in [3.05, 3.63) is 70.3 Å². The minimum atomic E-state index is 0.708. The van der Waals surface area contributed by atoms with E-state index in [1.807, 2.05) is 18.2 Å². The number of pyridine rings is 1. The van der Waals surface area contributed by atoms with E-state index >= 15 is 0 Å². The van der Waals surface area contributed by atoms with Gasteiger partial charge >= 0.3 is 0 Å². The molecule has 1 aliphatic carbocycles. The predicted octanol–water partition coefficient (Wildman–Crippen LogP) is 5.21. The number of nitrogens with zero attached hydrogens (tertiary/aromatic N) is 2. The summed E-state index contributed by atoms with van der Waals surface area (Å²) in [5.74, 6) is 0. The Morgan fingerprint density at radius 1 is 1.17 bits per heavy atom. The van der Waals surface area contributed by atoms with Crippen LogP contribution in [0.25, 0.3) is 28.2 Å². The van der Waals surface area contributed by atoms with Crippen molar-refractivity contribution in [3.8, 4) is 17.3 Å². The van der Waals surface area contributed by atoms with Gasteiger partial charge in [-0.2, -0.15) is 5.26 Å². The maximum Gasteiger partial charge on any atom is 0.0991 e. The molecule has 0 amide bonds. The molecule has 2 heteroatoms. The molecule has 116 valence electrons. The Labute approximate surface area is 142 Å². The predicted molar refractivity (Wildman–Crippen MR) is 98.7 cm³/mol. The van der Waals surface area contributed by atoms with Crippen LogP contribution in [0.2, 0.25) is 0 Å². The highest BCUT2D eigenvalue weighted by Gasteiger charge is 2.19. The summed E-state index contributed by atoms with van der Waals surface area (Å²) in [6.07, 6.45) is 6.25. The summed E-state index contributed by atoms with van der Waals surface area (Å²) in [5, 5.41) is 10.4. The average molecular weight is 310 g/mol. The maximum atomic E-state index is 9.16. The van der Waals surface area contributed by atoms with Crippen molar-refractivity contribution in [2.75, 3.05) is 0 Å². The van der Waals surface area contributed by atoms with Crippen molar-refractivity contribution in [3.63, 3.8) is 0 Å². The molecule has 1 aromatic heterocycles. The summed E-state index contributed by atoms with van der Waals surface area (Å²) >= 11 is 0. The topological polar surface area (TPSA) is 36.7 Å². The van der Waals surface area contributed by atoms with Crippen LogP contribution in [0.4, 0.5) is 0 Å². The van der Waals surface area contributed by atoms with Gasteiger partial charge in [-0.05, 0) is 55.2 Å². The van der Waals surface area contributed by atoms with E-state index in [0.717, 1.165) is 29.6 Å². The summed E-state index contributed by atoms with van der Waals surface area (Å²) in [4.78, 5) is 4.99. The largest absolute Gasteiger partial charge is 0.247 e. The molecule has 1 heterocycles. The Bertz CT molecular complexity index is 1040. The smallest absolute Gasteiger partial charge is 0.0991 e. The first-order valence-corrected chi connectivity index (χ1v) is 8.34. The van der Waals surface area contributed by atoms with Crippen LogP contribution in [0, 0.1) is 18.3 Å². The number of fused-ring (bicyclic) bond motifs is 3. The fourth-order valence-corrected chi connectivity index (χ4v) is 3.54. The minimum Gasteiger partial charge on any atom is -0.247 e. The van der Waals surface area contributed by atoms with Gasteiger partial charge in [0.2, 0.25) is 0 Å². The Morgan fingerprint density at radius 2 is 2.04 bits per heavy atom. The van der Waals surface area contributed by atoms with Crippen LogP contribution in [0.1, 0.15) is 34.7 Å². The lowest BCUT2D eigenvalue weighted by Crippen LogP contribution is -1.98. The standard InChI is InChI=1S/C22H18N2/c1-3-16-12-15(13-23)8-9-17(16)22-19-6-4-5-18(19)20-11-14(2)7-10-21(20)24-22/h4,6-12H,3,5H2,1-2H3. The number of hydrogen-bond donors (Lipinski definition) is 0. The van der Waals surface area contributed by atoms with Gasteiger partial charge < -0.3 is 0 Å². The van der Waals surface area contributed by atoms with Gasteiger partial charge in [-0.1, -0.05) is 36.8 Å². The van der Waals surface area contributed by atoms with Crippen molar-refractivity contribution in [2.24, 2.45) is 0 Å². The zero-order valence-electron chi connectivity index (χ0n) is 13.9. The second-order valence-electron chi connectivity index (χ2n) is 6.32. The van der Waals surface area contributed by atoms with E-state index in [4.69, 9.17) is 10.2 Å². The van der Waals surface area contributed by atoms with Crippen LogP contribution in [0.5, 0.6) is 0 Å². The fraction of sp³-hybridized carbons (Fsp3) is 0.182. The maximum absolute atomic E-state index is 9.16. The lowest BCUT2D eigenvalue weighted by atomic mass is 9.93. The lowest BCUT2D eigenvalue weighted by Gasteiger charge is -2.14. The first-order valence-electron chi connectivity index (χ1n) is 8.34. The molecule has 0 bridgehead atoms. The third kappa shape index (κ3) is 2.21. The molecule has 1 aliphatic rings. The van der Waals surface area contributed by atoms with Crippen molar-refractivity contribution >= 4 is 17.0 Å². The SMILES string of the molecule is CCc1cc(C#N)ccc1-c1nc2ccc(C)cc2c2c1C=CC2. The quantitative estimate of drug-likeness (QED) is 0.651. The second-order valence-corrected chi connectivity index (χ2v) is 6.32. The molecule has 0 atom stereocenters. The zero-order valence-corrected chi connectivity index (χ0v) is 13.9. The highest BCUT2D eigenvalue weighted by molar-refractivity contribution is 5.93. The summed E-state index contributed by atoms with van der Waals surface area (Å²) < 4.78 is 0. The first-order chi connectivity index (χ1) is 11.7. The monoisotopic (exact) mass is 310 g/mol. The van der Waals surface area contributed by atoms with Gasteiger partial charge in [0.05, 0.1) is 22.8 Å². The number of aryl methyl sites for hydroxylation is 2. The van der Waals surface area contributed by atoms with E-state index in [9.17, 15) is 0 Å². The highest BCUT2D eigenvalue weighted by atomic mass is 14.7. The molecule has 24 heavy (non-hydrogen) atoms. The van der Waals surface area contributed by atoms with E-state index in [1.54, 1.807) is 0 Å². The number of aromatic nitrogens is 1. The van der Waals surface area contributed by atoms with Crippen molar-refractivity contribution in [1.29, 1.82) is 5.26 Å². The number of benzene rings is 2. The molecule has 0 spiro atoms. The molecule has 4 rings (SSSR count). The summed E-state index contributed by atoms with van der Waals surface area (Å²) in [5.41, 5.74) is 8.97. The third-order valence-corrected chi connectivity index (χ3v) is 4.77. The summed E-state index contributed by atoms with van der Waals surface area (Å²) in [6, 6.07) is 14.6. The molecular formula is C22H18N2. The molecule has 2 nitrogen and oxygen atoms in total. The number of rotatable bonds is 2. The van der Waals surface area contributed by atoms with Crippen LogP contribution < -0.4 is 0 Å². The van der Waals surface area contributed by atoms with Crippen LogP contribution in [0.15, 0.2) is 42.5 Å². The zero-order chi connectivity index (χ0) is 16.7. The Morgan fingerprint density at radius 3 is 2.83 bits per heavy atom. The molecule has 0 N–H and O–H groups in total. The van der Waals surface area contributed by atoms with Gasteiger partial charge in [0.25, 0.3) is 0 Å². The number of hydrogen-bond acceptors (Lipinski definition) is 2. The van der Waals surface area contributed by atoms with Gasteiger partial charge in [0.1, 0.15) is 0 Å². The van der Waals surface area contributed by atoms with E-state index in [-0.39, 0.29) is 0 Å². The van der Waals surface area contributed by atoms with Crippen LogP contribution >= 0.6 is 0 Å². The van der Waals surface area contributed by atoms with Gasteiger partial charge in [-0.3, -0.25) is 0 Å². The fourth-order valence-electron chi connectivity index (χ4n) is 3.54. The van der Waals surface area contributed by atoms with Crippen molar-refractivity contribution in [2.45, 2.75) is 26.7 Å². The van der Waals surface area contributed by atoms with Crippen LogP contribution in [-0.2, 0) is 12.8 Å². The van der Waals surface area contributed by atoms with Gasteiger partial charge in [0.15, 0.2) is 0 Å². The second kappa shape index (κ2) is 5.62. The van der Waals surface area contributed by atoms with Gasteiger partial charge in [0, 0.05) is 16.5 Å². The van der Waals surface area contributed by atoms with Gasteiger partial charge in [-0.25, -0.2) is 4.98 Å². The molecule has 0 aliphatic heterocycles. The molecule has 0 saturated heterocycles. The Balaban J connectivity index is 2.03. The molecule has 0 radical (unpaired) electrons. The minimum absolute atomic E-state index is 0.708. The average Bonchev–Trinajstić information content (AvgIpc) is 3.11. The molecule has 0 unspecified atom stereocenters. The summed E-state index contributed by atoms with van der Waals surface area (Å²) in [6.45, 7) is 4.25. The molecule has 0 fully saturated rings. The van der Waals surface area contributed by atoms with E-state index in [0.29, 0.717) is 5.56 Å². The van der Waals surface area contributed by atoms with Crippen molar-refractivity contribution < 1.29 is 0 Å². The third-order valence-electron chi connectivity index (χ3n) is 4.77. The summed E-state index contributed by atoms with van der Waals surface area (Å²) in [7, 11) is 0. The highest BCUT2D eigenvalue weighted by Crippen LogP contribution is 2.36. The molecule has 0 saturated carbocycles.